The summed E-state index contributed by atoms with van der Waals surface area (Å²) in [7, 11) is 0. The van der Waals surface area contributed by atoms with Crippen LogP contribution in [0.5, 0.6) is 0 Å². The van der Waals surface area contributed by atoms with E-state index in [0.29, 0.717) is 0 Å². The normalized spacial score (nSPS) is 12.5. The fourth-order valence-electron chi connectivity index (χ4n) is 3.33. The van der Waals surface area contributed by atoms with Crippen molar-refractivity contribution < 1.29 is 18.0 Å². The monoisotopic (exact) mass is 471 g/mol. The molecule has 0 spiro atoms. The SMILES string of the molecule is Cc1ccc(C(NCC(=O)Nc2cc(C(F)(F)F)ccc2-n2cncn2)c2cccs2)cc1. The number of halogens is 3. The molecule has 0 aliphatic heterocycles. The van der Waals surface area contributed by atoms with Crippen molar-refractivity contribution in [1.82, 2.24) is 20.1 Å². The Kier molecular flexibility index (Phi) is 6.57. The molecule has 2 N–H and O–H groups in total. The molecule has 0 saturated heterocycles. The van der Waals surface area contributed by atoms with Gasteiger partial charge in [0.05, 0.1) is 29.5 Å². The molecule has 10 heteroatoms. The summed E-state index contributed by atoms with van der Waals surface area (Å²) in [5.41, 5.74) is 1.50. The van der Waals surface area contributed by atoms with Gasteiger partial charge in [-0.1, -0.05) is 35.9 Å². The maximum atomic E-state index is 13.2. The van der Waals surface area contributed by atoms with Crippen LogP contribution in [0.4, 0.5) is 18.9 Å². The number of rotatable bonds is 7. The fraction of sp³-hybridized carbons (Fsp3) is 0.174. The Balaban J connectivity index is 1.54. The Morgan fingerprint density at radius 3 is 2.58 bits per heavy atom. The number of carbonyl (C=O) groups is 1. The standard InChI is InChI=1S/C23H20F3N5OS/c1-15-4-6-16(7-5-15)22(20-3-2-10-33-20)28-12-21(32)30-18-11-17(23(24,25)26)8-9-19(18)31-14-27-13-29-31/h2-11,13-14,22,28H,12H2,1H3,(H,30,32). The van der Waals surface area contributed by atoms with Crippen LogP contribution in [0, 0.1) is 6.92 Å². The number of benzene rings is 2. The summed E-state index contributed by atoms with van der Waals surface area (Å²) in [5.74, 6) is -0.482. The molecule has 2 aromatic heterocycles. The molecular weight excluding hydrogens is 451 g/mol. The number of hydrogen-bond acceptors (Lipinski definition) is 5. The molecule has 1 unspecified atom stereocenters. The molecule has 0 fully saturated rings. The molecular formula is C23H20F3N5OS. The molecule has 2 heterocycles. The van der Waals surface area contributed by atoms with E-state index in [1.165, 1.54) is 23.4 Å². The van der Waals surface area contributed by atoms with Crippen LogP contribution in [-0.4, -0.2) is 27.2 Å². The number of nitrogens with zero attached hydrogens (tertiary/aromatic N) is 3. The van der Waals surface area contributed by atoms with E-state index in [4.69, 9.17) is 0 Å². The van der Waals surface area contributed by atoms with Crippen molar-refractivity contribution in [3.05, 3.63) is 94.2 Å². The van der Waals surface area contributed by atoms with Gasteiger partial charge in [-0.15, -0.1) is 11.3 Å². The predicted molar refractivity (Wildman–Crippen MR) is 120 cm³/mol. The lowest BCUT2D eigenvalue weighted by Crippen LogP contribution is -2.32. The van der Waals surface area contributed by atoms with Crippen LogP contribution in [0.15, 0.2) is 72.6 Å². The third kappa shape index (κ3) is 5.47. The second kappa shape index (κ2) is 9.55. The summed E-state index contributed by atoms with van der Waals surface area (Å²) >= 11 is 1.55. The zero-order valence-corrected chi connectivity index (χ0v) is 18.3. The smallest absolute Gasteiger partial charge is 0.323 e. The Labute approximate surface area is 192 Å². The van der Waals surface area contributed by atoms with Gasteiger partial charge in [0.25, 0.3) is 0 Å². The van der Waals surface area contributed by atoms with Gasteiger partial charge < -0.3 is 5.32 Å². The lowest BCUT2D eigenvalue weighted by atomic mass is 10.0. The first-order valence-corrected chi connectivity index (χ1v) is 10.9. The molecule has 0 aliphatic rings. The zero-order valence-electron chi connectivity index (χ0n) is 17.5. The van der Waals surface area contributed by atoms with Gasteiger partial charge in [0, 0.05) is 4.88 Å². The van der Waals surface area contributed by atoms with Gasteiger partial charge in [-0.05, 0) is 42.1 Å². The Hall–Kier alpha value is -3.50. The van der Waals surface area contributed by atoms with Crippen LogP contribution >= 0.6 is 11.3 Å². The molecule has 33 heavy (non-hydrogen) atoms. The molecule has 0 saturated carbocycles. The van der Waals surface area contributed by atoms with E-state index in [1.807, 2.05) is 48.7 Å². The van der Waals surface area contributed by atoms with Gasteiger partial charge in [-0.2, -0.15) is 18.3 Å². The highest BCUT2D eigenvalue weighted by Crippen LogP contribution is 2.33. The van der Waals surface area contributed by atoms with Gasteiger partial charge in [0.15, 0.2) is 0 Å². The second-order valence-electron chi connectivity index (χ2n) is 7.36. The minimum atomic E-state index is -4.55. The summed E-state index contributed by atoms with van der Waals surface area (Å²) in [6.07, 6.45) is -1.94. The van der Waals surface area contributed by atoms with Crippen molar-refractivity contribution in [3.8, 4) is 5.69 Å². The lowest BCUT2D eigenvalue weighted by molar-refractivity contribution is -0.137. The first-order chi connectivity index (χ1) is 15.8. The maximum Gasteiger partial charge on any atom is 0.416 e. The Morgan fingerprint density at radius 2 is 1.94 bits per heavy atom. The molecule has 1 amide bonds. The zero-order chi connectivity index (χ0) is 23.4. The average molecular weight is 472 g/mol. The number of anilines is 1. The van der Waals surface area contributed by atoms with Crippen LogP contribution in [0.1, 0.15) is 27.6 Å². The minimum Gasteiger partial charge on any atom is -0.323 e. The van der Waals surface area contributed by atoms with Crippen LogP contribution in [-0.2, 0) is 11.0 Å². The molecule has 6 nitrogen and oxygen atoms in total. The van der Waals surface area contributed by atoms with Gasteiger partial charge in [-0.3, -0.25) is 10.1 Å². The van der Waals surface area contributed by atoms with E-state index in [0.717, 1.165) is 28.1 Å². The number of alkyl halides is 3. The van der Waals surface area contributed by atoms with E-state index in [1.54, 1.807) is 11.3 Å². The number of amides is 1. The maximum absolute atomic E-state index is 13.2. The summed E-state index contributed by atoms with van der Waals surface area (Å²) in [4.78, 5) is 17.6. The summed E-state index contributed by atoms with van der Waals surface area (Å²) in [6.45, 7) is 1.88. The van der Waals surface area contributed by atoms with Crippen molar-refractivity contribution in [1.29, 1.82) is 0 Å². The second-order valence-corrected chi connectivity index (χ2v) is 8.34. The molecule has 0 radical (unpaired) electrons. The fourth-order valence-corrected chi connectivity index (χ4v) is 4.16. The molecule has 2 aromatic carbocycles. The van der Waals surface area contributed by atoms with E-state index in [-0.39, 0.29) is 24.0 Å². The number of aryl methyl sites for hydroxylation is 1. The summed E-state index contributed by atoms with van der Waals surface area (Å²) in [6, 6.07) is 14.7. The summed E-state index contributed by atoms with van der Waals surface area (Å²) in [5, 5.41) is 11.7. The van der Waals surface area contributed by atoms with E-state index in [9.17, 15) is 18.0 Å². The minimum absolute atomic E-state index is 0.00913. The number of hydrogen-bond donors (Lipinski definition) is 2. The first kappa shape index (κ1) is 22.7. The third-order valence-corrected chi connectivity index (χ3v) is 5.91. The van der Waals surface area contributed by atoms with E-state index < -0.39 is 17.6 Å². The highest BCUT2D eigenvalue weighted by atomic mass is 32.1. The molecule has 0 bridgehead atoms. The van der Waals surface area contributed by atoms with Crippen molar-refractivity contribution in [2.75, 3.05) is 11.9 Å². The third-order valence-electron chi connectivity index (χ3n) is 4.97. The number of carbonyl (C=O) groups excluding carboxylic acids is 1. The average Bonchev–Trinajstić information content (AvgIpc) is 3.49. The highest BCUT2D eigenvalue weighted by molar-refractivity contribution is 7.10. The highest BCUT2D eigenvalue weighted by Gasteiger charge is 2.31. The predicted octanol–water partition coefficient (Wildman–Crippen LogP) is 4.97. The first-order valence-electron chi connectivity index (χ1n) is 10.0. The Bertz CT molecular complexity index is 1210. The van der Waals surface area contributed by atoms with Crippen molar-refractivity contribution in [2.24, 2.45) is 0 Å². The number of aromatic nitrogens is 3. The molecule has 170 valence electrons. The molecule has 0 aliphatic carbocycles. The number of nitrogens with one attached hydrogen (secondary N) is 2. The van der Waals surface area contributed by atoms with Crippen molar-refractivity contribution in [3.63, 3.8) is 0 Å². The quantitative estimate of drug-likeness (QED) is 0.399. The number of thiophene rings is 1. The van der Waals surface area contributed by atoms with Crippen LogP contribution in [0.3, 0.4) is 0 Å². The molecule has 4 rings (SSSR count). The molecule has 4 aromatic rings. The van der Waals surface area contributed by atoms with Gasteiger partial charge in [0.1, 0.15) is 12.7 Å². The largest absolute Gasteiger partial charge is 0.416 e. The lowest BCUT2D eigenvalue weighted by Gasteiger charge is -2.19. The summed E-state index contributed by atoms with van der Waals surface area (Å²) < 4.78 is 41.0. The van der Waals surface area contributed by atoms with Crippen LogP contribution < -0.4 is 10.6 Å². The van der Waals surface area contributed by atoms with Gasteiger partial charge >= 0.3 is 6.18 Å². The van der Waals surface area contributed by atoms with Crippen LogP contribution in [0.25, 0.3) is 5.69 Å². The van der Waals surface area contributed by atoms with Crippen molar-refractivity contribution in [2.45, 2.75) is 19.1 Å². The Morgan fingerprint density at radius 1 is 1.15 bits per heavy atom. The molecule has 1 atom stereocenters. The van der Waals surface area contributed by atoms with E-state index >= 15 is 0 Å². The topological polar surface area (TPSA) is 71.8 Å². The van der Waals surface area contributed by atoms with Gasteiger partial charge in [0.2, 0.25) is 5.91 Å². The van der Waals surface area contributed by atoms with Gasteiger partial charge in [-0.25, -0.2) is 9.67 Å². The van der Waals surface area contributed by atoms with Crippen LogP contribution in [0.2, 0.25) is 0 Å². The van der Waals surface area contributed by atoms with E-state index in [2.05, 4.69) is 20.7 Å². The van der Waals surface area contributed by atoms with Crippen molar-refractivity contribution >= 4 is 22.9 Å².